The monoisotopic (exact) mass is 221 g/mol. The summed E-state index contributed by atoms with van der Waals surface area (Å²) >= 11 is 0. The van der Waals surface area contributed by atoms with Gasteiger partial charge in [0.25, 0.3) is 0 Å². The number of nitrogens with zero attached hydrogens (tertiary/aromatic N) is 1. The van der Waals surface area contributed by atoms with Crippen LogP contribution >= 0.6 is 0 Å². The van der Waals surface area contributed by atoms with Gasteiger partial charge in [-0.25, -0.2) is 4.79 Å². The average molecular weight is 221 g/mol. The Morgan fingerprint density at radius 1 is 1.44 bits per heavy atom. The van der Waals surface area contributed by atoms with E-state index in [2.05, 4.69) is 6.92 Å². The Morgan fingerprint density at radius 3 is 2.75 bits per heavy atom. The zero-order valence-electron chi connectivity index (χ0n) is 9.72. The number of aromatic nitrogens is 1. The third kappa shape index (κ3) is 2.46. The third-order valence-corrected chi connectivity index (χ3v) is 3.64. The van der Waals surface area contributed by atoms with Crippen molar-refractivity contribution >= 4 is 5.97 Å². The van der Waals surface area contributed by atoms with E-state index in [1.54, 1.807) is 6.07 Å². The standard InChI is InChI=1S/C13H19NO2/c1-10-4-6-11(7-5-10)9-14-8-2-3-12(14)13(15)16/h2-3,8,10-11H,4-7,9H2,1H3,(H,15,16). The molecule has 0 bridgehead atoms. The predicted molar refractivity (Wildman–Crippen MR) is 62.5 cm³/mol. The van der Waals surface area contributed by atoms with E-state index in [4.69, 9.17) is 5.11 Å². The molecular weight excluding hydrogens is 202 g/mol. The molecule has 1 heterocycles. The van der Waals surface area contributed by atoms with Crippen molar-refractivity contribution in [2.75, 3.05) is 0 Å². The summed E-state index contributed by atoms with van der Waals surface area (Å²) < 4.78 is 1.88. The minimum absolute atomic E-state index is 0.415. The molecule has 1 aliphatic rings. The fourth-order valence-corrected chi connectivity index (χ4v) is 2.56. The first-order chi connectivity index (χ1) is 7.66. The second kappa shape index (κ2) is 4.73. The van der Waals surface area contributed by atoms with Crippen LogP contribution in [0, 0.1) is 11.8 Å². The van der Waals surface area contributed by atoms with Gasteiger partial charge in [0, 0.05) is 12.7 Å². The molecule has 0 unspecified atom stereocenters. The van der Waals surface area contributed by atoms with E-state index in [0.29, 0.717) is 11.6 Å². The first-order valence-corrected chi connectivity index (χ1v) is 6.05. The second-order valence-corrected chi connectivity index (χ2v) is 4.98. The largest absolute Gasteiger partial charge is 0.477 e. The minimum Gasteiger partial charge on any atom is -0.477 e. The van der Waals surface area contributed by atoms with Crippen molar-refractivity contribution in [1.29, 1.82) is 0 Å². The molecule has 1 aromatic heterocycles. The average Bonchev–Trinajstić information content (AvgIpc) is 2.69. The van der Waals surface area contributed by atoms with E-state index in [0.717, 1.165) is 12.5 Å². The van der Waals surface area contributed by atoms with Gasteiger partial charge in [-0.1, -0.05) is 19.8 Å². The van der Waals surface area contributed by atoms with Crippen molar-refractivity contribution in [3.63, 3.8) is 0 Å². The normalized spacial score (nSPS) is 25.6. The molecule has 0 spiro atoms. The van der Waals surface area contributed by atoms with Gasteiger partial charge in [-0.15, -0.1) is 0 Å². The van der Waals surface area contributed by atoms with Crippen LogP contribution in [0.3, 0.4) is 0 Å². The highest BCUT2D eigenvalue weighted by Crippen LogP contribution is 2.29. The van der Waals surface area contributed by atoms with Gasteiger partial charge >= 0.3 is 5.97 Å². The molecule has 16 heavy (non-hydrogen) atoms. The van der Waals surface area contributed by atoms with E-state index in [9.17, 15) is 4.79 Å². The van der Waals surface area contributed by atoms with Crippen molar-refractivity contribution in [1.82, 2.24) is 4.57 Å². The summed E-state index contributed by atoms with van der Waals surface area (Å²) in [6.45, 7) is 3.16. The summed E-state index contributed by atoms with van der Waals surface area (Å²) in [7, 11) is 0. The molecule has 0 aliphatic heterocycles. The molecule has 0 aromatic carbocycles. The van der Waals surface area contributed by atoms with Crippen LogP contribution in [-0.4, -0.2) is 15.6 Å². The number of carboxylic acids is 1. The van der Waals surface area contributed by atoms with Gasteiger partial charge < -0.3 is 9.67 Å². The predicted octanol–water partition coefficient (Wildman–Crippen LogP) is 3.01. The van der Waals surface area contributed by atoms with Crippen molar-refractivity contribution in [2.45, 2.75) is 39.2 Å². The highest BCUT2D eigenvalue weighted by Gasteiger charge is 2.20. The Morgan fingerprint density at radius 2 is 2.12 bits per heavy atom. The van der Waals surface area contributed by atoms with E-state index >= 15 is 0 Å². The summed E-state index contributed by atoms with van der Waals surface area (Å²) in [4.78, 5) is 11.0. The van der Waals surface area contributed by atoms with Gasteiger partial charge in [-0.05, 0) is 36.8 Å². The van der Waals surface area contributed by atoms with Crippen LogP contribution in [0.15, 0.2) is 18.3 Å². The maximum Gasteiger partial charge on any atom is 0.352 e. The van der Waals surface area contributed by atoms with Gasteiger partial charge in [0.1, 0.15) is 5.69 Å². The summed E-state index contributed by atoms with van der Waals surface area (Å²) in [5.74, 6) is 0.677. The highest BCUT2D eigenvalue weighted by molar-refractivity contribution is 5.85. The number of carbonyl (C=O) groups is 1. The lowest BCUT2D eigenvalue weighted by atomic mass is 9.83. The topological polar surface area (TPSA) is 42.2 Å². The van der Waals surface area contributed by atoms with Crippen LogP contribution in [0.4, 0.5) is 0 Å². The van der Waals surface area contributed by atoms with E-state index in [1.165, 1.54) is 25.7 Å². The second-order valence-electron chi connectivity index (χ2n) is 4.98. The number of rotatable bonds is 3. The number of carboxylic acid groups (broad SMARTS) is 1. The fraction of sp³-hybridized carbons (Fsp3) is 0.615. The molecule has 0 amide bonds. The number of aromatic carboxylic acids is 1. The Bertz CT molecular complexity index is 362. The smallest absolute Gasteiger partial charge is 0.352 e. The van der Waals surface area contributed by atoms with Crippen molar-refractivity contribution < 1.29 is 9.90 Å². The van der Waals surface area contributed by atoms with Crippen molar-refractivity contribution in [3.05, 3.63) is 24.0 Å². The lowest BCUT2D eigenvalue weighted by molar-refractivity contribution is 0.0683. The summed E-state index contributed by atoms with van der Waals surface area (Å²) in [6, 6.07) is 3.49. The van der Waals surface area contributed by atoms with Gasteiger partial charge in [0.2, 0.25) is 0 Å². The molecule has 1 aromatic rings. The highest BCUT2D eigenvalue weighted by atomic mass is 16.4. The van der Waals surface area contributed by atoms with Gasteiger partial charge in [0.15, 0.2) is 0 Å². The number of hydrogen-bond acceptors (Lipinski definition) is 1. The lowest BCUT2D eigenvalue weighted by Gasteiger charge is -2.26. The summed E-state index contributed by atoms with van der Waals surface area (Å²) in [5, 5.41) is 9.01. The maximum absolute atomic E-state index is 11.0. The molecule has 3 heteroatoms. The zero-order chi connectivity index (χ0) is 11.5. The molecule has 0 atom stereocenters. The maximum atomic E-state index is 11.0. The molecule has 1 N–H and O–H groups in total. The lowest BCUT2D eigenvalue weighted by Crippen LogP contribution is -2.19. The Balaban J connectivity index is 1.98. The number of hydrogen-bond donors (Lipinski definition) is 1. The third-order valence-electron chi connectivity index (χ3n) is 3.64. The molecule has 1 aliphatic carbocycles. The Kier molecular flexibility index (Phi) is 3.32. The van der Waals surface area contributed by atoms with Crippen LogP contribution in [0.5, 0.6) is 0 Å². The fourth-order valence-electron chi connectivity index (χ4n) is 2.56. The summed E-state index contributed by atoms with van der Waals surface area (Å²) in [6.07, 6.45) is 6.92. The van der Waals surface area contributed by atoms with Crippen LogP contribution < -0.4 is 0 Å². The van der Waals surface area contributed by atoms with Crippen LogP contribution in [0.1, 0.15) is 43.1 Å². The molecule has 1 saturated carbocycles. The van der Waals surface area contributed by atoms with Crippen LogP contribution in [0.25, 0.3) is 0 Å². The van der Waals surface area contributed by atoms with Crippen LogP contribution in [-0.2, 0) is 6.54 Å². The molecule has 2 rings (SSSR count). The Hall–Kier alpha value is -1.25. The quantitative estimate of drug-likeness (QED) is 0.852. The first kappa shape index (κ1) is 11.2. The molecule has 1 fully saturated rings. The van der Waals surface area contributed by atoms with Crippen LogP contribution in [0.2, 0.25) is 0 Å². The first-order valence-electron chi connectivity index (χ1n) is 6.05. The van der Waals surface area contributed by atoms with Crippen molar-refractivity contribution in [2.24, 2.45) is 11.8 Å². The van der Waals surface area contributed by atoms with E-state index in [-0.39, 0.29) is 0 Å². The Labute approximate surface area is 96.1 Å². The SMILES string of the molecule is CC1CCC(Cn2cccc2C(=O)O)CC1. The molecule has 0 radical (unpaired) electrons. The molecule has 0 saturated heterocycles. The van der Waals surface area contributed by atoms with E-state index in [1.807, 2.05) is 16.8 Å². The van der Waals surface area contributed by atoms with E-state index < -0.39 is 5.97 Å². The minimum atomic E-state index is -0.825. The van der Waals surface area contributed by atoms with Gasteiger partial charge in [0.05, 0.1) is 0 Å². The van der Waals surface area contributed by atoms with Crippen molar-refractivity contribution in [3.8, 4) is 0 Å². The zero-order valence-corrected chi connectivity index (χ0v) is 9.72. The van der Waals surface area contributed by atoms with Gasteiger partial charge in [-0.2, -0.15) is 0 Å². The molecule has 88 valence electrons. The summed E-state index contributed by atoms with van der Waals surface area (Å²) in [5.41, 5.74) is 0.415. The molecule has 3 nitrogen and oxygen atoms in total. The van der Waals surface area contributed by atoms with Gasteiger partial charge in [-0.3, -0.25) is 0 Å². The molecular formula is C13H19NO2.